The maximum atomic E-state index is 12.0. The number of hydrogen-bond acceptors (Lipinski definition) is 4. The van der Waals surface area contributed by atoms with Crippen LogP contribution < -0.4 is 4.72 Å². The number of nitrogens with one attached hydrogen (secondary N) is 1. The molecule has 2 unspecified atom stereocenters. The second kappa shape index (κ2) is 5.51. The maximum absolute atomic E-state index is 12.0. The van der Waals surface area contributed by atoms with Crippen LogP contribution in [-0.4, -0.2) is 38.2 Å². The summed E-state index contributed by atoms with van der Waals surface area (Å²) < 4.78 is 31.8. The first-order chi connectivity index (χ1) is 9.33. The third kappa shape index (κ3) is 3.17. The molecule has 0 spiro atoms. The lowest BCUT2D eigenvalue weighted by molar-refractivity contribution is -0.157. The molecule has 2 rings (SSSR count). The zero-order chi connectivity index (χ0) is 14.8. The molecule has 0 aromatic heterocycles. The summed E-state index contributed by atoms with van der Waals surface area (Å²) in [6.07, 6.45) is 0.291. The maximum Gasteiger partial charge on any atom is 0.335 e. The van der Waals surface area contributed by atoms with E-state index in [0.717, 1.165) is 0 Å². The quantitative estimate of drug-likeness (QED) is 0.840. The van der Waals surface area contributed by atoms with Gasteiger partial charge in [-0.2, -0.15) is 0 Å². The number of carbonyl (C=O) groups is 1. The van der Waals surface area contributed by atoms with Gasteiger partial charge in [-0.3, -0.25) is 0 Å². The number of benzene rings is 1. The van der Waals surface area contributed by atoms with E-state index in [1.807, 2.05) is 0 Å². The second-order valence-corrected chi connectivity index (χ2v) is 6.85. The summed E-state index contributed by atoms with van der Waals surface area (Å²) in [5.74, 6) is -1.17. The Bertz CT molecular complexity index is 586. The predicted molar refractivity (Wildman–Crippen MR) is 71.7 cm³/mol. The minimum Gasteiger partial charge on any atom is -0.479 e. The number of ether oxygens (including phenoxy) is 1. The number of aliphatic carboxylic acids is 1. The number of rotatable bonds is 5. The topological polar surface area (TPSA) is 92.7 Å². The van der Waals surface area contributed by atoms with E-state index in [9.17, 15) is 13.2 Å². The molecule has 2 N–H and O–H groups in total. The van der Waals surface area contributed by atoms with Gasteiger partial charge in [0.15, 0.2) is 5.60 Å². The monoisotopic (exact) mass is 299 g/mol. The van der Waals surface area contributed by atoms with Crippen LogP contribution in [0.15, 0.2) is 35.2 Å². The van der Waals surface area contributed by atoms with Crippen LogP contribution in [0.2, 0.25) is 0 Å². The first kappa shape index (κ1) is 15.0. The van der Waals surface area contributed by atoms with Gasteiger partial charge in [0, 0.05) is 6.54 Å². The van der Waals surface area contributed by atoms with Crippen LogP contribution in [0.1, 0.15) is 13.3 Å². The van der Waals surface area contributed by atoms with Crippen molar-refractivity contribution < 1.29 is 23.1 Å². The van der Waals surface area contributed by atoms with Gasteiger partial charge in [-0.05, 0) is 31.4 Å². The van der Waals surface area contributed by atoms with Crippen LogP contribution in [0.5, 0.6) is 0 Å². The zero-order valence-electron chi connectivity index (χ0n) is 11.1. The number of hydrogen-bond donors (Lipinski definition) is 2. The summed E-state index contributed by atoms with van der Waals surface area (Å²) in [6, 6.07) is 8.05. The summed E-state index contributed by atoms with van der Waals surface area (Å²) in [7, 11) is -3.56. The fourth-order valence-electron chi connectivity index (χ4n) is 2.16. The van der Waals surface area contributed by atoms with Crippen LogP contribution in [0.25, 0.3) is 0 Å². The van der Waals surface area contributed by atoms with Crippen molar-refractivity contribution in [3.05, 3.63) is 30.3 Å². The summed E-state index contributed by atoms with van der Waals surface area (Å²) >= 11 is 0. The molecule has 1 fully saturated rings. The molecule has 1 aliphatic rings. The van der Waals surface area contributed by atoms with Gasteiger partial charge in [-0.15, -0.1) is 0 Å². The largest absolute Gasteiger partial charge is 0.479 e. The zero-order valence-corrected chi connectivity index (χ0v) is 11.9. The van der Waals surface area contributed by atoms with Crippen molar-refractivity contribution >= 4 is 16.0 Å². The first-order valence-corrected chi connectivity index (χ1v) is 7.74. The molecule has 0 saturated carbocycles. The number of carboxylic acids is 1. The fourth-order valence-corrected chi connectivity index (χ4v) is 3.30. The van der Waals surface area contributed by atoms with Crippen molar-refractivity contribution in [1.29, 1.82) is 0 Å². The van der Waals surface area contributed by atoms with Gasteiger partial charge in [0.05, 0.1) is 11.5 Å². The molecule has 1 saturated heterocycles. The van der Waals surface area contributed by atoms with Crippen LogP contribution in [0.4, 0.5) is 0 Å². The lowest BCUT2D eigenvalue weighted by Crippen LogP contribution is -2.35. The highest BCUT2D eigenvalue weighted by atomic mass is 32.2. The SMILES string of the molecule is CC1(C(=O)O)CC(CNS(=O)(=O)c2ccccc2)CO1. The molecule has 1 aliphatic heterocycles. The lowest BCUT2D eigenvalue weighted by atomic mass is 9.96. The number of carboxylic acid groups (broad SMARTS) is 1. The van der Waals surface area contributed by atoms with Gasteiger partial charge in [-0.1, -0.05) is 18.2 Å². The Balaban J connectivity index is 1.96. The molecule has 2 atom stereocenters. The normalized spacial score (nSPS) is 26.6. The summed E-state index contributed by atoms with van der Waals surface area (Å²) in [4.78, 5) is 11.2. The smallest absolute Gasteiger partial charge is 0.335 e. The van der Waals surface area contributed by atoms with Gasteiger partial charge in [0.2, 0.25) is 10.0 Å². The highest BCUT2D eigenvalue weighted by Gasteiger charge is 2.42. The molecule has 0 aliphatic carbocycles. The Morgan fingerprint density at radius 2 is 2.10 bits per heavy atom. The van der Waals surface area contributed by atoms with Gasteiger partial charge >= 0.3 is 5.97 Å². The molecule has 0 bridgehead atoms. The van der Waals surface area contributed by atoms with Crippen LogP contribution >= 0.6 is 0 Å². The highest BCUT2D eigenvalue weighted by molar-refractivity contribution is 7.89. The Morgan fingerprint density at radius 3 is 2.65 bits per heavy atom. The van der Waals surface area contributed by atoms with E-state index < -0.39 is 21.6 Å². The van der Waals surface area contributed by atoms with Gasteiger partial charge < -0.3 is 9.84 Å². The highest BCUT2D eigenvalue weighted by Crippen LogP contribution is 2.29. The van der Waals surface area contributed by atoms with E-state index in [2.05, 4.69) is 4.72 Å². The van der Waals surface area contributed by atoms with E-state index in [4.69, 9.17) is 9.84 Å². The lowest BCUT2D eigenvalue weighted by Gasteiger charge is -2.16. The minimum absolute atomic E-state index is 0.144. The molecular weight excluding hydrogens is 282 g/mol. The summed E-state index contributed by atoms with van der Waals surface area (Å²) in [5, 5.41) is 9.03. The van der Waals surface area contributed by atoms with Crippen molar-refractivity contribution in [2.24, 2.45) is 5.92 Å². The first-order valence-electron chi connectivity index (χ1n) is 6.25. The van der Waals surface area contributed by atoms with E-state index >= 15 is 0 Å². The van der Waals surface area contributed by atoms with Crippen molar-refractivity contribution in [3.63, 3.8) is 0 Å². The van der Waals surface area contributed by atoms with E-state index in [1.165, 1.54) is 19.1 Å². The Hall–Kier alpha value is -1.44. The van der Waals surface area contributed by atoms with E-state index in [-0.39, 0.29) is 24.0 Å². The molecule has 7 heteroatoms. The molecule has 6 nitrogen and oxygen atoms in total. The molecule has 0 amide bonds. The van der Waals surface area contributed by atoms with Gasteiger partial charge in [0.25, 0.3) is 0 Å². The van der Waals surface area contributed by atoms with E-state index in [0.29, 0.717) is 6.42 Å². The Labute approximate surface area is 117 Å². The standard InChI is InChI=1S/C13H17NO5S/c1-13(12(15)16)7-10(9-19-13)8-14-20(17,18)11-5-3-2-4-6-11/h2-6,10,14H,7-9H2,1H3,(H,15,16). The molecule has 0 radical (unpaired) electrons. The minimum atomic E-state index is -3.56. The van der Waals surface area contributed by atoms with Crippen molar-refractivity contribution in [2.75, 3.05) is 13.2 Å². The molecule has 110 valence electrons. The molecular formula is C13H17NO5S. The second-order valence-electron chi connectivity index (χ2n) is 5.08. The molecule has 1 aromatic rings. The van der Waals surface area contributed by atoms with Gasteiger partial charge in [0.1, 0.15) is 0 Å². The predicted octanol–water partition coefficient (Wildman–Crippen LogP) is 0.845. The number of sulfonamides is 1. The average molecular weight is 299 g/mol. The Kier molecular flexibility index (Phi) is 4.12. The third-order valence-electron chi connectivity index (χ3n) is 3.38. The average Bonchev–Trinajstić information content (AvgIpc) is 2.81. The molecule has 1 heterocycles. The van der Waals surface area contributed by atoms with Crippen LogP contribution in [0, 0.1) is 5.92 Å². The van der Waals surface area contributed by atoms with Crippen molar-refractivity contribution in [3.8, 4) is 0 Å². The van der Waals surface area contributed by atoms with Crippen molar-refractivity contribution in [2.45, 2.75) is 23.8 Å². The van der Waals surface area contributed by atoms with Crippen LogP contribution in [-0.2, 0) is 19.6 Å². The fraction of sp³-hybridized carbons (Fsp3) is 0.462. The van der Waals surface area contributed by atoms with E-state index in [1.54, 1.807) is 18.2 Å². The van der Waals surface area contributed by atoms with Crippen molar-refractivity contribution in [1.82, 2.24) is 4.72 Å². The van der Waals surface area contributed by atoms with Gasteiger partial charge in [-0.25, -0.2) is 17.9 Å². The third-order valence-corrected chi connectivity index (χ3v) is 4.82. The summed E-state index contributed by atoms with van der Waals surface area (Å²) in [5.41, 5.74) is -1.22. The molecule has 20 heavy (non-hydrogen) atoms. The van der Waals surface area contributed by atoms with Crippen LogP contribution in [0.3, 0.4) is 0 Å². The molecule has 1 aromatic carbocycles. The Morgan fingerprint density at radius 1 is 1.45 bits per heavy atom. The summed E-state index contributed by atoms with van der Waals surface area (Å²) in [6.45, 7) is 1.90.